The van der Waals surface area contributed by atoms with E-state index in [4.69, 9.17) is 18.8 Å². The lowest BCUT2D eigenvalue weighted by Gasteiger charge is -2.45. The topological polar surface area (TPSA) is 118 Å². The molecule has 12 nitrogen and oxygen atoms in total. The van der Waals surface area contributed by atoms with Crippen molar-refractivity contribution in [1.82, 2.24) is 24.9 Å². The Kier molecular flexibility index (Phi) is 8.86. The predicted molar refractivity (Wildman–Crippen MR) is 145 cm³/mol. The third kappa shape index (κ3) is 7.18. The molecule has 40 heavy (non-hydrogen) atoms. The number of carbonyl (C=O) groups is 3. The van der Waals surface area contributed by atoms with Crippen molar-refractivity contribution in [3.05, 3.63) is 17.5 Å². The highest BCUT2D eigenvalue weighted by Gasteiger charge is 2.47. The van der Waals surface area contributed by atoms with Crippen molar-refractivity contribution in [2.75, 3.05) is 32.8 Å². The number of fused-ring (bicyclic) bond motifs is 2. The SMILES string of the molecule is CCCCON1C(=O)N2C[C@@H]1CC[C@H]2c1cc(CCN(C(=O)OC(C)(C)C)C2CN(C(=O)OC(C)(C)C)C2)on1. The smallest absolute Gasteiger partial charge is 0.410 e. The van der Waals surface area contributed by atoms with Gasteiger partial charge in [-0.05, 0) is 60.8 Å². The van der Waals surface area contributed by atoms with E-state index in [0.717, 1.165) is 25.7 Å². The molecule has 1 aromatic rings. The van der Waals surface area contributed by atoms with Crippen LogP contribution in [0.5, 0.6) is 0 Å². The molecule has 3 saturated heterocycles. The predicted octanol–water partition coefficient (Wildman–Crippen LogP) is 4.75. The van der Waals surface area contributed by atoms with Gasteiger partial charge in [0.2, 0.25) is 0 Å². The fourth-order valence-electron chi connectivity index (χ4n) is 5.12. The van der Waals surface area contributed by atoms with E-state index in [1.54, 1.807) is 9.80 Å². The number of piperidine rings is 1. The third-order valence-electron chi connectivity index (χ3n) is 7.15. The molecule has 0 saturated carbocycles. The van der Waals surface area contributed by atoms with Gasteiger partial charge in [-0.15, -0.1) is 0 Å². The van der Waals surface area contributed by atoms with E-state index in [1.807, 2.05) is 52.5 Å². The number of rotatable bonds is 9. The van der Waals surface area contributed by atoms with Gasteiger partial charge in [-0.1, -0.05) is 18.5 Å². The summed E-state index contributed by atoms with van der Waals surface area (Å²) in [4.78, 5) is 49.3. The van der Waals surface area contributed by atoms with E-state index in [2.05, 4.69) is 12.1 Å². The van der Waals surface area contributed by atoms with E-state index in [-0.39, 0.29) is 24.2 Å². The summed E-state index contributed by atoms with van der Waals surface area (Å²) in [6.07, 6.45) is 3.12. The molecule has 3 aliphatic heterocycles. The van der Waals surface area contributed by atoms with Gasteiger partial charge in [0.1, 0.15) is 22.7 Å². The lowest BCUT2D eigenvalue weighted by Crippen LogP contribution is -2.63. The Bertz CT molecular complexity index is 1060. The fraction of sp³-hybridized carbons (Fsp3) is 0.786. The summed E-state index contributed by atoms with van der Waals surface area (Å²) in [5.41, 5.74) is -0.532. The van der Waals surface area contributed by atoms with Gasteiger partial charge in [0, 0.05) is 38.7 Å². The van der Waals surface area contributed by atoms with Crippen LogP contribution in [0.1, 0.15) is 91.6 Å². The first kappa shape index (κ1) is 30.0. The van der Waals surface area contributed by atoms with Crippen LogP contribution in [0.4, 0.5) is 14.4 Å². The van der Waals surface area contributed by atoms with Gasteiger partial charge < -0.3 is 28.7 Å². The molecule has 0 spiro atoms. The van der Waals surface area contributed by atoms with E-state index < -0.39 is 23.4 Å². The van der Waals surface area contributed by atoms with Gasteiger partial charge in [0.25, 0.3) is 0 Å². The molecule has 4 amide bonds. The number of aromatic nitrogens is 1. The number of amides is 4. The van der Waals surface area contributed by atoms with E-state index in [9.17, 15) is 14.4 Å². The van der Waals surface area contributed by atoms with E-state index in [0.29, 0.717) is 50.7 Å². The number of hydrogen-bond donors (Lipinski definition) is 0. The molecule has 0 unspecified atom stereocenters. The van der Waals surface area contributed by atoms with Gasteiger partial charge >= 0.3 is 18.2 Å². The molecular weight excluding hydrogens is 518 g/mol. The second kappa shape index (κ2) is 11.8. The van der Waals surface area contributed by atoms with Crippen molar-refractivity contribution < 1.29 is 33.2 Å². The Hall–Kier alpha value is -3.02. The molecule has 4 rings (SSSR count). The molecule has 0 aliphatic carbocycles. The molecule has 2 bridgehead atoms. The lowest BCUT2D eigenvalue weighted by molar-refractivity contribution is -0.130. The maximum Gasteiger partial charge on any atom is 0.410 e. The van der Waals surface area contributed by atoms with Crippen LogP contribution in [0.25, 0.3) is 0 Å². The minimum atomic E-state index is -0.654. The van der Waals surface area contributed by atoms with Crippen LogP contribution >= 0.6 is 0 Å². The first-order valence-corrected chi connectivity index (χ1v) is 14.4. The van der Waals surface area contributed by atoms with Crippen molar-refractivity contribution in [3.63, 3.8) is 0 Å². The number of likely N-dealkylation sites (tertiary alicyclic amines) is 1. The molecule has 1 aromatic heterocycles. The van der Waals surface area contributed by atoms with Gasteiger partial charge in [0.15, 0.2) is 0 Å². The molecule has 12 heteroatoms. The van der Waals surface area contributed by atoms with Gasteiger partial charge in [-0.2, -0.15) is 5.06 Å². The summed E-state index contributed by atoms with van der Waals surface area (Å²) in [5.74, 6) is 0.622. The van der Waals surface area contributed by atoms with Crippen LogP contribution in [0.15, 0.2) is 10.6 Å². The largest absolute Gasteiger partial charge is 0.444 e. The number of hydroxylamine groups is 2. The zero-order chi connectivity index (χ0) is 29.2. The molecule has 3 aliphatic rings. The Morgan fingerprint density at radius 2 is 1.77 bits per heavy atom. The van der Waals surface area contributed by atoms with Crippen LogP contribution in [-0.2, 0) is 20.7 Å². The van der Waals surface area contributed by atoms with Crippen molar-refractivity contribution in [2.45, 2.75) is 110 Å². The van der Waals surface area contributed by atoms with Crippen molar-refractivity contribution >= 4 is 18.2 Å². The Balaban J connectivity index is 1.36. The van der Waals surface area contributed by atoms with Crippen LogP contribution in [-0.4, -0.2) is 99.2 Å². The molecule has 4 heterocycles. The minimum Gasteiger partial charge on any atom is -0.444 e. The zero-order valence-corrected chi connectivity index (χ0v) is 25.0. The summed E-state index contributed by atoms with van der Waals surface area (Å²) in [5, 5.41) is 5.83. The van der Waals surface area contributed by atoms with Gasteiger partial charge in [-0.25, -0.2) is 14.4 Å². The molecule has 0 N–H and O–H groups in total. The van der Waals surface area contributed by atoms with Gasteiger partial charge in [-0.3, -0.25) is 4.84 Å². The summed E-state index contributed by atoms with van der Waals surface area (Å²) in [6.45, 7) is 15.3. The second-order valence-corrected chi connectivity index (χ2v) is 12.9. The van der Waals surface area contributed by atoms with E-state index in [1.165, 1.54) is 5.06 Å². The van der Waals surface area contributed by atoms with Crippen molar-refractivity contribution in [3.8, 4) is 0 Å². The van der Waals surface area contributed by atoms with Crippen LogP contribution < -0.4 is 0 Å². The quantitative estimate of drug-likeness (QED) is 0.395. The Morgan fingerprint density at radius 1 is 1.07 bits per heavy atom. The summed E-state index contributed by atoms with van der Waals surface area (Å²) in [7, 11) is 0. The number of nitrogens with zero attached hydrogens (tertiary/aromatic N) is 5. The Labute approximate surface area is 236 Å². The lowest BCUT2D eigenvalue weighted by atomic mass is 9.98. The normalized spacial score (nSPS) is 21.5. The first-order valence-electron chi connectivity index (χ1n) is 14.4. The maximum absolute atomic E-state index is 13.1. The standard InChI is InChI=1S/C28H45N5O7/c1-8-9-14-37-33-19-10-11-23(32(18-19)24(33)34)22-15-21(40-29-22)12-13-31(26(36)39-28(5,6)7)20-16-30(17-20)25(35)38-27(2,3)4/h15,19-20,23H,8-14,16-18H2,1-7H3/t19-,23-/m0/s1. The number of ether oxygens (including phenoxy) is 2. The van der Waals surface area contributed by atoms with Crippen LogP contribution in [0.2, 0.25) is 0 Å². The average molecular weight is 564 g/mol. The Morgan fingerprint density at radius 3 is 2.42 bits per heavy atom. The van der Waals surface area contributed by atoms with Crippen LogP contribution in [0, 0.1) is 0 Å². The number of carbonyl (C=O) groups excluding carboxylic acids is 3. The van der Waals surface area contributed by atoms with Crippen molar-refractivity contribution in [2.24, 2.45) is 0 Å². The number of hydrogen-bond acceptors (Lipinski definition) is 8. The first-order chi connectivity index (χ1) is 18.8. The van der Waals surface area contributed by atoms with Crippen molar-refractivity contribution in [1.29, 1.82) is 0 Å². The molecule has 2 atom stereocenters. The summed E-state index contributed by atoms with van der Waals surface area (Å²) < 4.78 is 16.8. The highest BCUT2D eigenvalue weighted by molar-refractivity contribution is 5.77. The third-order valence-corrected chi connectivity index (χ3v) is 7.15. The number of urea groups is 1. The molecule has 224 valence electrons. The van der Waals surface area contributed by atoms with Gasteiger partial charge in [0.05, 0.1) is 24.7 Å². The maximum atomic E-state index is 13.1. The van der Waals surface area contributed by atoms with E-state index >= 15 is 0 Å². The monoisotopic (exact) mass is 563 g/mol. The molecule has 0 radical (unpaired) electrons. The molecule has 0 aromatic carbocycles. The minimum absolute atomic E-state index is 0.0667. The molecule has 3 fully saturated rings. The highest BCUT2D eigenvalue weighted by atomic mass is 16.7. The summed E-state index contributed by atoms with van der Waals surface area (Å²) in [6, 6.07) is 1.46. The zero-order valence-electron chi connectivity index (χ0n) is 25.0. The second-order valence-electron chi connectivity index (χ2n) is 12.9. The number of unbranched alkanes of at least 4 members (excludes halogenated alkanes) is 1. The summed E-state index contributed by atoms with van der Waals surface area (Å²) >= 11 is 0. The average Bonchev–Trinajstić information content (AvgIpc) is 3.37. The fourth-order valence-corrected chi connectivity index (χ4v) is 5.12. The molecular formula is C28H45N5O7. The highest BCUT2D eigenvalue weighted by Crippen LogP contribution is 2.38. The van der Waals surface area contributed by atoms with Crippen LogP contribution in [0.3, 0.4) is 0 Å².